The number of hydrogen-bond donors (Lipinski definition) is 0. The minimum atomic E-state index is -5.55. The summed E-state index contributed by atoms with van der Waals surface area (Å²) in [5.41, 5.74) is -8.55. The Morgan fingerprint density at radius 3 is 1.29 bits per heavy atom. The second-order valence-electron chi connectivity index (χ2n) is 7.79. The zero-order chi connectivity index (χ0) is 21.4. The Morgan fingerprint density at radius 2 is 0.964 bits per heavy atom. The largest absolute Gasteiger partial charge is 0.404 e. The predicted octanol–water partition coefficient (Wildman–Crippen LogP) is 7.44. The van der Waals surface area contributed by atoms with E-state index in [2.05, 4.69) is 0 Å². The van der Waals surface area contributed by atoms with Crippen LogP contribution in [0.15, 0.2) is 60.7 Å². The number of rotatable bonds is 5. The van der Waals surface area contributed by atoms with E-state index in [0.717, 1.165) is 20.8 Å². The Balaban J connectivity index is 3.03. The van der Waals surface area contributed by atoms with Gasteiger partial charge in [-0.1, -0.05) is 88.4 Å². The van der Waals surface area contributed by atoms with Gasteiger partial charge in [-0.05, 0) is 17.5 Å². The maximum absolute atomic E-state index is 14.7. The molecule has 0 aliphatic carbocycles. The molecule has 0 nitrogen and oxygen atoms in total. The molecule has 0 aliphatic heterocycles. The van der Waals surface area contributed by atoms with E-state index in [9.17, 15) is 26.3 Å². The molecule has 0 saturated carbocycles. The van der Waals surface area contributed by atoms with Crippen molar-refractivity contribution in [3.8, 4) is 0 Å². The highest BCUT2D eigenvalue weighted by molar-refractivity contribution is 5.38. The van der Waals surface area contributed by atoms with E-state index in [-0.39, 0.29) is 17.5 Å². The maximum Gasteiger partial charge on any atom is 0.404 e. The average molecular weight is 402 g/mol. The Bertz CT molecular complexity index is 760. The summed E-state index contributed by atoms with van der Waals surface area (Å²) in [6, 6.07) is 14.3. The fourth-order valence-corrected chi connectivity index (χ4v) is 4.75. The van der Waals surface area contributed by atoms with Crippen molar-refractivity contribution in [2.45, 2.75) is 57.3 Å². The molecule has 0 fully saturated rings. The van der Waals surface area contributed by atoms with Crippen molar-refractivity contribution < 1.29 is 26.3 Å². The zero-order valence-electron chi connectivity index (χ0n) is 16.2. The number of hydrogen-bond acceptors (Lipinski definition) is 0. The fourth-order valence-electron chi connectivity index (χ4n) is 4.75. The van der Waals surface area contributed by atoms with Crippen molar-refractivity contribution in [1.29, 1.82) is 0 Å². The predicted molar refractivity (Wildman–Crippen MR) is 98.1 cm³/mol. The van der Waals surface area contributed by atoms with Gasteiger partial charge in [0.25, 0.3) is 0 Å². The molecule has 28 heavy (non-hydrogen) atoms. The Kier molecular flexibility index (Phi) is 5.68. The van der Waals surface area contributed by atoms with Crippen LogP contribution < -0.4 is 0 Å². The summed E-state index contributed by atoms with van der Waals surface area (Å²) >= 11 is 0. The molecular weight excluding hydrogens is 378 g/mol. The van der Waals surface area contributed by atoms with Gasteiger partial charge in [-0.2, -0.15) is 26.3 Å². The van der Waals surface area contributed by atoms with Gasteiger partial charge in [0.05, 0.1) is 0 Å². The van der Waals surface area contributed by atoms with Crippen LogP contribution in [0.4, 0.5) is 26.3 Å². The van der Waals surface area contributed by atoms with E-state index in [0.29, 0.717) is 0 Å². The number of benzene rings is 2. The molecule has 2 aromatic carbocycles. The SMILES string of the molecule is CCC(C)(c1ccccc1)C(C(F)(F)F)(C(F)(F)F)C(C)(C)c1ccccc1. The lowest BCUT2D eigenvalue weighted by Gasteiger charge is -2.58. The Morgan fingerprint density at radius 1 is 0.607 bits per heavy atom. The van der Waals surface area contributed by atoms with Crippen molar-refractivity contribution in [2.75, 3.05) is 0 Å². The van der Waals surface area contributed by atoms with Crippen LogP contribution in [0.1, 0.15) is 45.2 Å². The third-order valence-electron chi connectivity index (χ3n) is 6.23. The fraction of sp³-hybridized carbons (Fsp3) is 0.455. The molecule has 0 aromatic heterocycles. The monoisotopic (exact) mass is 402 g/mol. The summed E-state index contributed by atoms with van der Waals surface area (Å²) in [6.07, 6.45) is -11.4. The molecule has 0 amide bonds. The van der Waals surface area contributed by atoms with Gasteiger partial charge in [0, 0.05) is 10.8 Å². The van der Waals surface area contributed by atoms with Gasteiger partial charge in [-0.15, -0.1) is 0 Å². The lowest BCUT2D eigenvalue weighted by Crippen LogP contribution is -2.70. The van der Waals surface area contributed by atoms with E-state index in [1.165, 1.54) is 55.5 Å². The molecule has 0 N–H and O–H groups in total. The maximum atomic E-state index is 14.7. The van der Waals surface area contributed by atoms with Crippen molar-refractivity contribution in [2.24, 2.45) is 5.41 Å². The van der Waals surface area contributed by atoms with Crippen molar-refractivity contribution >= 4 is 0 Å². The second-order valence-corrected chi connectivity index (χ2v) is 7.79. The normalized spacial score (nSPS) is 15.9. The van der Waals surface area contributed by atoms with Gasteiger partial charge in [0.15, 0.2) is 5.41 Å². The number of halogens is 6. The molecule has 0 aliphatic rings. The molecule has 0 saturated heterocycles. The van der Waals surface area contributed by atoms with Crippen LogP contribution in [0.3, 0.4) is 0 Å². The molecule has 0 spiro atoms. The van der Waals surface area contributed by atoms with Gasteiger partial charge >= 0.3 is 12.4 Å². The van der Waals surface area contributed by atoms with Gasteiger partial charge in [0.1, 0.15) is 0 Å². The van der Waals surface area contributed by atoms with Crippen LogP contribution >= 0.6 is 0 Å². The molecular formula is C22H24F6. The molecule has 0 heterocycles. The molecule has 1 unspecified atom stereocenters. The van der Waals surface area contributed by atoms with Crippen molar-refractivity contribution in [3.05, 3.63) is 71.8 Å². The molecule has 0 bridgehead atoms. The molecule has 2 rings (SSSR count). The first-order valence-electron chi connectivity index (χ1n) is 9.02. The topological polar surface area (TPSA) is 0 Å². The smallest absolute Gasteiger partial charge is 0.170 e. The Hall–Kier alpha value is -1.98. The first-order chi connectivity index (χ1) is 12.8. The minimum Gasteiger partial charge on any atom is -0.170 e. The summed E-state index contributed by atoms with van der Waals surface area (Å²) in [5.74, 6) is 0. The molecule has 2 aromatic rings. The summed E-state index contributed by atoms with van der Waals surface area (Å²) < 4.78 is 88.2. The number of alkyl halides is 6. The third-order valence-corrected chi connectivity index (χ3v) is 6.23. The molecule has 1 atom stereocenters. The first kappa shape index (κ1) is 22.3. The van der Waals surface area contributed by atoms with E-state index < -0.39 is 28.6 Å². The van der Waals surface area contributed by atoms with E-state index in [1.807, 2.05) is 0 Å². The van der Waals surface area contributed by atoms with Crippen LogP contribution in [-0.4, -0.2) is 12.4 Å². The lowest BCUT2D eigenvalue weighted by molar-refractivity contribution is -0.384. The summed E-state index contributed by atoms with van der Waals surface area (Å²) in [4.78, 5) is 0. The van der Waals surface area contributed by atoms with Crippen LogP contribution in [0.25, 0.3) is 0 Å². The first-order valence-corrected chi connectivity index (χ1v) is 9.02. The molecule has 0 radical (unpaired) electrons. The van der Waals surface area contributed by atoms with Crippen LogP contribution in [-0.2, 0) is 10.8 Å². The molecule has 6 heteroatoms. The van der Waals surface area contributed by atoms with E-state index in [4.69, 9.17) is 0 Å². The van der Waals surface area contributed by atoms with Crippen LogP contribution in [0, 0.1) is 5.41 Å². The highest BCUT2D eigenvalue weighted by Gasteiger charge is 2.83. The molecule has 154 valence electrons. The standard InChI is InChI=1S/C22H24F6/c1-5-19(4,17-14-10-7-11-15-17)20(21(23,24)25,22(26,27)28)18(2,3)16-12-8-6-9-13-16/h6-15H,5H2,1-4H3. The Labute approximate surface area is 161 Å². The summed E-state index contributed by atoms with van der Waals surface area (Å²) in [6.45, 7) is 4.54. The highest BCUT2D eigenvalue weighted by Crippen LogP contribution is 2.69. The van der Waals surface area contributed by atoms with Crippen LogP contribution in [0.5, 0.6) is 0 Å². The second kappa shape index (κ2) is 7.12. The van der Waals surface area contributed by atoms with Gasteiger partial charge in [0.2, 0.25) is 0 Å². The van der Waals surface area contributed by atoms with Gasteiger partial charge in [-0.3, -0.25) is 0 Å². The van der Waals surface area contributed by atoms with Crippen molar-refractivity contribution in [3.63, 3.8) is 0 Å². The summed E-state index contributed by atoms with van der Waals surface area (Å²) in [7, 11) is 0. The van der Waals surface area contributed by atoms with Gasteiger partial charge in [-0.25, -0.2) is 0 Å². The third kappa shape index (κ3) is 3.01. The van der Waals surface area contributed by atoms with Crippen LogP contribution in [0.2, 0.25) is 0 Å². The van der Waals surface area contributed by atoms with E-state index >= 15 is 0 Å². The minimum absolute atomic E-state index is 0.0103. The lowest BCUT2D eigenvalue weighted by atomic mass is 9.47. The highest BCUT2D eigenvalue weighted by atomic mass is 19.4. The van der Waals surface area contributed by atoms with Gasteiger partial charge < -0.3 is 0 Å². The quantitative estimate of drug-likeness (QED) is 0.456. The van der Waals surface area contributed by atoms with Crippen molar-refractivity contribution in [1.82, 2.24) is 0 Å². The van der Waals surface area contributed by atoms with E-state index in [1.54, 1.807) is 12.1 Å². The average Bonchev–Trinajstić information content (AvgIpc) is 2.60. The zero-order valence-corrected chi connectivity index (χ0v) is 16.2. The summed E-state index contributed by atoms with van der Waals surface area (Å²) in [5, 5.41) is 0.